The summed E-state index contributed by atoms with van der Waals surface area (Å²) in [7, 11) is -3.53. The third-order valence-corrected chi connectivity index (χ3v) is 6.97. The average Bonchev–Trinajstić information content (AvgIpc) is 3.11. The number of nitrogens with zero attached hydrogens (tertiary/aromatic N) is 2. The van der Waals surface area contributed by atoms with Crippen molar-refractivity contribution in [1.29, 1.82) is 0 Å². The summed E-state index contributed by atoms with van der Waals surface area (Å²) in [6.45, 7) is 0.897. The highest BCUT2D eigenvalue weighted by atomic mass is 32.2. The Hall–Kier alpha value is -2.04. The van der Waals surface area contributed by atoms with E-state index in [9.17, 15) is 22.9 Å². The average molecular weight is 385 g/mol. The number of nitro groups is 1. The maximum Gasteiger partial charge on any atom is 0.295 e. The number of nitrogens with one attached hydrogen (secondary N) is 1. The number of benzene rings is 1. The van der Waals surface area contributed by atoms with E-state index in [2.05, 4.69) is 4.72 Å². The Morgan fingerprint density at radius 1 is 1.28 bits per heavy atom. The van der Waals surface area contributed by atoms with Crippen molar-refractivity contribution in [3.05, 3.63) is 51.6 Å². The van der Waals surface area contributed by atoms with Gasteiger partial charge in [-0.3, -0.25) is 10.1 Å². The van der Waals surface area contributed by atoms with Crippen molar-refractivity contribution in [2.24, 2.45) is 0 Å². The van der Waals surface area contributed by atoms with Crippen LogP contribution in [0.3, 0.4) is 0 Å². The van der Waals surface area contributed by atoms with E-state index in [1.165, 1.54) is 12.1 Å². The molecule has 2 heterocycles. The molecule has 3 rings (SSSR count). The smallest absolute Gasteiger partial charge is 0.295 e. The fourth-order valence-corrected chi connectivity index (χ4v) is 5.16. The molecule has 0 spiro atoms. The summed E-state index contributed by atoms with van der Waals surface area (Å²) in [5.41, 5.74) is 0.0728. The zero-order valence-corrected chi connectivity index (χ0v) is 14.7. The van der Waals surface area contributed by atoms with Crippen molar-refractivity contribution in [1.82, 2.24) is 4.72 Å². The zero-order valence-electron chi connectivity index (χ0n) is 13.1. The van der Waals surface area contributed by atoms with E-state index in [1.807, 2.05) is 0 Å². The van der Waals surface area contributed by atoms with Gasteiger partial charge in [-0.05, 0) is 36.4 Å². The second-order valence-corrected chi connectivity index (χ2v) is 8.59. The van der Waals surface area contributed by atoms with Gasteiger partial charge in [0.25, 0.3) is 5.69 Å². The highest BCUT2D eigenvalue weighted by Gasteiger charge is 2.28. The van der Waals surface area contributed by atoms with E-state index in [0.717, 1.165) is 17.4 Å². The number of anilines is 1. The van der Waals surface area contributed by atoms with Gasteiger partial charge in [0.1, 0.15) is 15.7 Å². The Bertz CT molecular complexity index is 863. The molecule has 1 saturated heterocycles. The normalized spacial score (nSPS) is 16.1. The van der Waals surface area contributed by atoms with Gasteiger partial charge in [-0.25, -0.2) is 17.5 Å². The Labute approximate surface area is 148 Å². The molecular formula is C15H16FN3O4S2. The molecule has 134 valence electrons. The van der Waals surface area contributed by atoms with Crippen molar-refractivity contribution in [2.45, 2.75) is 23.1 Å². The van der Waals surface area contributed by atoms with Crippen LogP contribution in [0.2, 0.25) is 0 Å². The topological polar surface area (TPSA) is 92.6 Å². The fourth-order valence-electron chi connectivity index (χ4n) is 2.84. The van der Waals surface area contributed by atoms with Crippen LogP contribution in [0.25, 0.3) is 0 Å². The van der Waals surface area contributed by atoms with Gasteiger partial charge in [0.05, 0.1) is 11.0 Å². The molecule has 10 heteroatoms. The second-order valence-electron chi connectivity index (χ2n) is 5.70. The molecule has 1 aliphatic heterocycles. The molecule has 0 atom stereocenters. The van der Waals surface area contributed by atoms with Gasteiger partial charge in [-0.15, -0.1) is 11.3 Å². The van der Waals surface area contributed by atoms with Crippen molar-refractivity contribution in [3.8, 4) is 0 Å². The molecule has 0 amide bonds. The van der Waals surface area contributed by atoms with Gasteiger partial charge >= 0.3 is 0 Å². The molecule has 7 nitrogen and oxygen atoms in total. The summed E-state index contributed by atoms with van der Waals surface area (Å²) in [5, 5.41) is 12.8. The van der Waals surface area contributed by atoms with Gasteiger partial charge in [0.2, 0.25) is 10.0 Å². The van der Waals surface area contributed by atoms with E-state index in [4.69, 9.17) is 0 Å². The van der Waals surface area contributed by atoms with Gasteiger partial charge < -0.3 is 4.90 Å². The molecule has 1 aliphatic rings. The molecule has 1 fully saturated rings. The Kier molecular flexibility index (Phi) is 5.02. The van der Waals surface area contributed by atoms with Gasteiger partial charge in [0, 0.05) is 19.1 Å². The highest BCUT2D eigenvalue weighted by molar-refractivity contribution is 7.91. The van der Waals surface area contributed by atoms with E-state index in [0.29, 0.717) is 31.6 Å². The van der Waals surface area contributed by atoms with Crippen LogP contribution in [0.1, 0.15) is 12.8 Å². The van der Waals surface area contributed by atoms with E-state index in [-0.39, 0.29) is 15.9 Å². The Morgan fingerprint density at radius 3 is 2.60 bits per heavy atom. The third-order valence-electron chi connectivity index (χ3n) is 4.05. The largest absolute Gasteiger partial charge is 0.366 e. The number of sulfonamides is 1. The van der Waals surface area contributed by atoms with Crippen LogP contribution >= 0.6 is 11.3 Å². The Balaban J connectivity index is 1.68. The number of hydrogen-bond acceptors (Lipinski definition) is 6. The van der Waals surface area contributed by atoms with Crippen molar-refractivity contribution in [2.75, 3.05) is 18.0 Å². The number of piperidine rings is 1. The van der Waals surface area contributed by atoms with Crippen molar-refractivity contribution in [3.63, 3.8) is 0 Å². The minimum Gasteiger partial charge on any atom is -0.366 e. The molecule has 1 aromatic carbocycles. The standard InChI is InChI=1S/C15H16FN3O4S2/c16-11-3-4-13(14(10-11)19(20)21)18-7-5-12(6-8-18)17-25(22,23)15-2-1-9-24-15/h1-4,9-10,12,17H,5-8H2. The van der Waals surface area contributed by atoms with Gasteiger partial charge in [-0.1, -0.05) is 6.07 Å². The molecule has 0 saturated carbocycles. The quantitative estimate of drug-likeness (QED) is 0.631. The number of nitro benzene ring substituents is 1. The summed E-state index contributed by atoms with van der Waals surface area (Å²) in [4.78, 5) is 12.3. The van der Waals surface area contributed by atoms with E-state index >= 15 is 0 Å². The maximum absolute atomic E-state index is 13.3. The molecule has 0 aliphatic carbocycles. The second kappa shape index (κ2) is 7.06. The SMILES string of the molecule is O=[N+]([O-])c1cc(F)ccc1N1CCC(NS(=O)(=O)c2cccs2)CC1. The van der Waals surface area contributed by atoms with Crippen LogP contribution < -0.4 is 9.62 Å². The monoisotopic (exact) mass is 385 g/mol. The Morgan fingerprint density at radius 2 is 2.00 bits per heavy atom. The molecule has 0 bridgehead atoms. The van der Waals surface area contributed by atoms with Crippen LogP contribution in [0, 0.1) is 15.9 Å². The van der Waals surface area contributed by atoms with E-state index in [1.54, 1.807) is 22.4 Å². The number of rotatable bonds is 5. The summed E-state index contributed by atoms with van der Waals surface area (Å²) < 4.78 is 40.7. The number of thiophene rings is 1. The first-order chi connectivity index (χ1) is 11.9. The lowest BCUT2D eigenvalue weighted by molar-refractivity contribution is -0.384. The van der Waals surface area contributed by atoms with Gasteiger partial charge in [0.15, 0.2) is 0 Å². The molecular weight excluding hydrogens is 369 g/mol. The van der Waals surface area contributed by atoms with Crippen LogP contribution in [0.4, 0.5) is 15.8 Å². The first-order valence-electron chi connectivity index (χ1n) is 7.61. The van der Waals surface area contributed by atoms with Crippen molar-refractivity contribution >= 4 is 32.7 Å². The van der Waals surface area contributed by atoms with Crippen LogP contribution in [0.5, 0.6) is 0 Å². The summed E-state index contributed by atoms with van der Waals surface area (Å²) in [5.74, 6) is -0.658. The number of halogens is 1. The predicted molar refractivity (Wildman–Crippen MR) is 92.9 cm³/mol. The summed E-state index contributed by atoms with van der Waals surface area (Å²) in [6.07, 6.45) is 1.03. The molecule has 1 N–H and O–H groups in total. The molecule has 0 unspecified atom stereocenters. The fraction of sp³-hybridized carbons (Fsp3) is 0.333. The van der Waals surface area contributed by atoms with E-state index < -0.39 is 20.8 Å². The lowest BCUT2D eigenvalue weighted by Gasteiger charge is -2.33. The first-order valence-corrected chi connectivity index (χ1v) is 9.98. The van der Waals surface area contributed by atoms with Crippen molar-refractivity contribution < 1.29 is 17.7 Å². The zero-order chi connectivity index (χ0) is 18.0. The predicted octanol–water partition coefficient (Wildman–Crippen LogP) is 2.74. The molecule has 0 radical (unpaired) electrons. The molecule has 25 heavy (non-hydrogen) atoms. The first kappa shape index (κ1) is 17.8. The van der Waals surface area contributed by atoms with Gasteiger partial charge in [-0.2, -0.15) is 0 Å². The van der Waals surface area contributed by atoms with Crippen LogP contribution in [-0.2, 0) is 10.0 Å². The summed E-state index contributed by atoms with van der Waals surface area (Å²) in [6, 6.07) is 6.47. The highest BCUT2D eigenvalue weighted by Crippen LogP contribution is 2.31. The number of hydrogen-bond donors (Lipinski definition) is 1. The van der Waals surface area contributed by atoms with Crippen LogP contribution in [-0.4, -0.2) is 32.5 Å². The lowest BCUT2D eigenvalue weighted by atomic mass is 10.0. The molecule has 1 aromatic heterocycles. The third kappa shape index (κ3) is 3.97. The molecule has 2 aromatic rings. The van der Waals surface area contributed by atoms with Crippen LogP contribution in [0.15, 0.2) is 39.9 Å². The summed E-state index contributed by atoms with van der Waals surface area (Å²) >= 11 is 1.15. The maximum atomic E-state index is 13.3. The minimum atomic E-state index is -3.53. The lowest BCUT2D eigenvalue weighted by Crippen LogP contribution is -2.44. The minimum absolute atomic E-state index is 0.233.